The molecule has 236 valence electrons. The van der Waals surface area contributed by atoms with Crippen LogP contribution in [0.5, 0.6) is 0 Å². The van der Waals surface area contributed by atoms with Crippen molar-refractivity contribution < 1.29 is 32.0 Å². The summed E-state index contributed by atoms with van der Waals surface area (Å²) in [5, 5.41) is 5.29. The number of amides is 4. The van der Waals surface area contributed by atoms with E-state index in [1.54, 1.807) is 33.2 Å². The number of likely N-dealkylation sites (N-methyl/N-ethyl adjacent to an activating group) is 1. The molecule has 0 saturated heterocycles. The number of urea groups is 1. The van der Waals surface area contributed by atoms with Crippen molar-refractivity contribution in [2.75, 3.05) is 36.9 Å². The molecule has 0 aliphatic carbocycles. The van der Waals surface area contributed by atoms with Gasteiger partial charge in [0.15, 0.2) is 0 Å². The predicted molar refractivity (Wildman–Crippen MR) is 161 cm³/mol. The smallest absolute Gasteiger partial charge is 0.388 e. The van der Waals surface area contributed by atoms with E-state index in [0.717, 1.165) is 30.0 Å². The third-order valence-electron chi connectivity index (χ3n) is 6.97. The maximum absolute atomic E-state index is 13.2. The molecule has 0 atom stereocenters. The number of nitrogens with zero attached hydrogens (tertiary/aromatic N) is 4. The van der Waals surface area contributed by atoms with E-state index in [9.17, 15) is 32.3 Å². The second kappa shape index (κ2) is 14.0. The Hall–Kier alpha value is -5.27. The number of halogens is 3. The number of nitrogens with one attached hydrogen (secondary N) is 2. The topological polar surface area (TPSA) is 138 Å². The fraction of sp³-hybridized carbons (Fsp3) is 0.290. The molecule has 2 N–H and O–H groups in total. The number of rotatable bonds is 10. The summed E-state index contributed by atoms with van der Waals surface area (Å²) < 4.78 is 43.6. The second-order valence-corrected chi connectivity index (χ2v) is 10.1. The van der Waals surface area contributed by atoms with Gasteiger partial charge in [0.2, 0.25) is 5.91 Å². The van der Waals surface area contributed by atoms with E-state index in [-0.39, 0.29) is 42.0 Å². The molecular formula is C31H31F3N6O5. The Kier molecular flexibility index (Phi) is 10.2. The number of anilines is 2. The van der Waals surface area contributed by atoms with Crippen LogP contribution in [-0.2, 0) is 17.4 Å². The van der Waals surface area contributed by atoms with Crippen molar-refractivity contribution in [2.24, 2.45) is 0 Å². The van der Waals surface area contributed by atoms with Gasteiger partial charge >= 0.3 is 23.8 Å². The molecule has 0 fully saturated rings. The molecule has 0 unspecified atom stereocenters. The van der Waals surface area contributed by atoms with Crippen LogP contribution in [0, 0.1) is 6.92 Å². The van der Waals surface area contributed by atoms with Crippen LogP contribution in [0.3, 0.4) is 0 Å². The number of benzene rings is 2. The minimum atomic E-state index is -4.51. The monoisotopic (exact) mass is 624 g/mol. The molecule has 11 nitrogen and oxygen atoms in total. The lowest BCUT2D eigenvalue weighted by Gasteiger charge is -2.25. The fourth-order valence-electron chi connectivity index (χ4n) is 4.46. The fourth-order valence-corrected chi connectivity index (χ4v) is 4.46. The Morgan fingerprint density at radius 1 is 1.02 bits per heavy atom. The molecule has 0 spiro atoms. The maximum atomic E-state index is 13.2. The highest BCUT2D eigenvalue weighted by Gasteiger charge is 2.30. The van der Waals surface area contributed by atoms with Crippen molar-refractivity contribution in [1.29, 1.82) is 0 Å². The van der Waals surface area contributed by atoms with Crippen molar-refractivity contribution in [2.45, 2.75) is 32.9 Å². The molecule has 2 heterocycles. The molecule has 0 saturated carbocycles. The molecule has 0 aliphatic rings. The largest absolute Gasteiger partial charge is 0.416 e. The summed E-state index contributed by atoms with van der Waals surface area (Å²) in [5.41, 5.74) is 0.215. The lowest BCUT2D eigenvalue weighted by Crippen LogP contribution is -2.42. The molecule has 45 heavy (non-hydrogen) atoms. The van der Waals surface area contributed by atoms with Gasteiger partial charge in [-0.3, -0.25) is 14.6 Å². The zero-order valence-electron chi connectivity index (χ0n) is 24.8. The van der Waals surface area contributed by atoms with Crippen LogP contribution in [0.2, 0.25) is 0 Å². The minimum Gasteiger partial charge on any atom is -0.388 e. The van der Waals surface area contributed by atoms with Gasteiger partial charge in [-0.1, -0.05) is 6.07 Å². The number of carbonyl (C=O) groups excluding carboxylic acids is 3. The van der Waals surface area contributed by atoms with E-state index in [1.807, 2.05) is 18.2 Å². The average molecular weight is 625 g/mol. The Morgan fingerprint density at radius 2 is 1.76 bits per heavy atom. The SMILES string of the molecule is CCN(C(=O)N(C)CCc1ccccn1)c1nc2ccc(NC(=O)CCNC(=O)c3ccc(C(F)(F)F)cc3)c(C)c2c(=O)o1. The van der Waals surface area contributed by atoms with Crippen LogP contribution in [0.15, 0.2) is 70.0 Å². The van der Waals surface area contributed by atoms with Gasteiger partial charge < -0.3 is 20.0 Å². The first-order valence-electron chi connectivity index (χ1n) is 14.0. The van der Waals surface area contributed by atoms with Crippen molar-refractivity contribution in [3.8, 4) is 0 Å². The van der Waals surface area contributed by atoms with Crippen LogP contribution in [0.4, 0.5) is 29.7 Å². The van der Waals surface area contributed by atoms with E-state index in [0.29, 0.717) is 24.2 Å². The molecule has 0 aliphatic heterocycles. The number of fused-ring (bicyclic) bond motifs is 1. The van der Waals surface area contributed by atoms with Crippen molar-refractivity contribution >= 4 is 40.5 Å². The molecule has 4 aromatic rings. The number of hydrogen-bond donors (Lipinski definition) is 2. The molecule has 0 radical (unpaired) electrons. The average Bonchev–Trinajstić information content (AvgIpc) is 3.01. The van der Waals surface area contributed by atoms with Crippen molar-refractivity contribution in [1.82, 2.24) is 20.2 Å². The Bertz CT molecular complexity index is 1740. The van der Waals surface area contributed by atoms with Gasteiger partial charge in [-0.05, 0) is 67.9 Å². The third kappa shape index (κ3) is 8.02. The summed E-state index contributed by atoms with van der Waals surface area (Å²) in [6.07, 6.45) is -2.44. The highest BCUT2D eigenvalue weighted by molar-refractivity contribution is 5.97. The van der Waals surface area contributed by atoms with Gasteiger partial charge in [0, 0.05) is 62.7 Å². The van der Waals surface area contributed by atoms with Crippen LogP contribution in [-0.4, -0.2) is 59.4 Å². The zero-order valence-corrected chi connectivity index (χ0v) is 24.8. The summed E-state index contributed by atoms with van der Waals surface area (Å²) in [6, 6.07) is 11.8. The van der Waals surface area contributed by atoms with E-state index >= 15 is 0 Å². The van der Waals surface area contributed by atoms with Crippen molar-refractivity contribution in [3.05, 3.63) is 93.6 Å². The highest BCUT2D eigenvalue weighted by Crippen LogP contribution is 2.29. The molecular weight excluding hydrogens is 593 g/mol. The first-order valence-corrected chi connectivity index (χ1v) is 14.0. The highest BCUT2D eigenvalue weighted by atomic mass is 19.4. The Balaban J connectivity index is 1.39. The lowest BCUT2D eigenvalue weighted by molar-refractivity contribution is -0.137. The van der Waals surface area contributed by atoms with Crippen LogP contribution < -0.4 is 21.2 Å². The second-order valence-electron chi connectivity index (χ2n) is 10.1. The van der Waals surface area contributed by atoms with Gasteiger partial charge in [0.05, 0.1) is 16.5 Å². The standard InChI is InChI=1S/C31H31F3N6O5/c1-4-40(30(44)39(3)18-15-22-7-5-6-16-35-22)29-38-24-13-12-23(19(2)26(24)28(43)45-29)37-25(41)14-17-36-27(42)20-8-10-21(11-9-20)31(32,33)34/h5-13,16H,4,14-15,17-18H2,1-3H3,(H,36,42)(H,37,41). The summed E-state index contributed by atoms with van der Waals surface area (Å²) in [6.45, 7) is 3.83. The summed E-state index contributed by atoms with van der Waals surface area (Å²) in [7, 11) is 1.63. The van der Waals surface area contributed by atoms with Gasteiger partial charge in [0.25, 0.3) is 5.91 Å². The summed E-state index contributed by atoms with van der Waals surface area (Å²) >= 11 is 0. The summed E-state index contributed by atoms with van der Waals surface area (Å²) in [5.74, 6) is -1.10. The quantitative estimate of drug-likeness (QED) is 0.259. The Labute approximate surface area is 256 Å². The number of hydrogen-bond acceptors (Lipinski definition) is 7. The van der Waals surface area contributed by atoms with Crippen LogP contribution in [0.25, 0.3) is 10.9 Å². The third-order valence-corrected chi connectivity index (χ3v) is 6.97. The van der Waals surface area contributed by atoms with E-state index in [2.05, 4.69) is 20.6 Å². The predicted octanol–water partition coefficient (Wildman–Crippen LogP) is 4.79. The number of aryl methyl sites for hydroxylation is 1. The van der Waals surface area contributed by atoms with Crippen LogP contribution >= 0.6 is 0 Å². The molecule has 4 amide bonds. The van der Waals surface area contributed by atoms with Crippen molar-refractivity contribution in [3.63, 3.8) is 0 Å². The van der Waals surface area contributed by atoms with E-state index in [4.69, 9.17) is 4.42 Å². The van der Waals surface area contributed by atoms with Gasteiger partial charge in [-0.25, -0.2) is 14.5 Å². The van der Waals surface area contributed by atoms with E-state index < -0.39 is 35.2 Å². The maximum Gasteiger partial charge on any atom is 0.416 e. The molecule has 14 heteroatoms. The molecule has 2 aromatic heterocycles. The molecule has 0 bridgehead atoms. The minimum absolute atomic E-state index is 0.0202. The van der Waals surface area contributed by atoms with Gasteiger partial charge in [-0.2, -0.15) is 18.2 Å². The zero-order chi connectivity index (χ0) is 32.7. The normalized spacial score (nSPS) is 11.2. The number of carbonyl (C=O) groups is 3. The first kappa shape index (κ1) is 32.6. The van der Waals surface area contributed by atoms with Crippen LogP contribution in [0.1, 0.15) is 40.5 Å². The Morgan fingerprint density at radius 3 is 2.40 bits per heavy atom. The number of pyridine rings is 1. The first-order chi connectivity index (χ1) is 21.4. The summed E-state index contributed by atoms with van der Waals surface area (Å²) in [4.78, 5) is 62.4. The van der Waals surface area contributed by atoms with E-state index in [1.165, 1.54) is 15.9 Å². The number of aromatic nitrogens is 2. The number of alkyl halides is 3. The van der Waals surface area contributed by atoms with Gasteiger partial charge in [-0.15, -0.1) is 0 Å². The molecule has 4 rings (SSSR count). The lowest BCUT2D eigenvalue weighted by atomic mass is 10.1. The van der Waals surface area contributed by atoms with Gasteiger partial charge in [0.1, 0.15) is 0 Å². The molecule has 2 aromatic carbocycles.